The molecule has 0 saturated heterocycles. The fraction of sp³-hybridized carbons (Fsp3) is 0.105. The minimum atomic E-state index is 0.364. The first-order valence-electron chi connectivity index (χ1n) is 7.36. The fourth-order valence-electron chi connectivity index (χ4n) is 2.95. The molecule has 0 aliphatic carbocycles. The second kappa shape index (κ2) is 4.92. The molecule has 0 unspecified atom stereocenters. The molecule has 23 heavy (non-hydrogen) atoms. The van der Waals surface area contributed by atoms with Crippen LogP contribution in [0.25, 0.3) is 33.3 Å². The van der Waals surface area contributed by atoms with Crippen LogP contribution in [-0.2, 0) is 7.05 Å². The summed E-state index contributed by atoms with van der Waals surface area (Å²) < 4.78 is 7.97. The summed E-state index contributed by atoms with van der Waals surface area (Å²) in [6.45, 7) is 2.09. The zero-order valence-corrected chi connectivity index (χ0v) is 12.9. The van der Waals surface area contributed by atoms with Crippen LogP contribution < -0.4 is 4.57 Å². The van der Waals surface area contributed by atoms with Gasteiger partial charge < -0.3 is 4.42 Å². The van der Waals surface area contributed by atoms with Gasteiger partial charge in [-0.1, -0.05) is 0 Å². The summed E-state index contributed by atoms with van der Waals surface area (Å²) in [6.07, 6.45) is 2.03. The molecular weight excluding hydrogens is 286 g/mol. The SMILES string of the molecule is Cc1cc2c(cc1-c1cccc[n+]1C)oc1nc(C#N)ccc12. The maximum Gasteiger partial charge on any atom is 0.228 e. The molecule has 1 aromatic carbocycles. The molecule has 0 aliphatic heterocycles. The lowest BCUT2D eigenvalue weighted by Crippen LogP contribution is -2.30. The monoisotopic (exact) mass is 300 g/mol. The van der Waals surface area contributed by atoms with E-state index in [-0.39, 0.29) is 0 Å². The molecule has 0 atom stereocenters. The van der Waals surface area contributed by atoms with Crippen LogP contribution in [0.5, 0.6) is 0 Å². The number of fused-ring (bicyclic) bond motifs is 3. The number of hydrogen-bond donors (Lipinski definition) is 0. The van der Waals surface area contributed by atoms with Crippen LogP contribution in [-0.4, -0.2) is 4.98 Å². The molecule has 3 aromatic heterocycles. The number of furan rings is 1. The van der Waals surface area contributed by atoms with Gasteiger partial charge in [-0.25, -0.2) is 9.55 Å². The smallest absolute Gasteiger partial charge is 0.228 e. The summed E-state index contributed by atoms with van der Waals surface area (Å²) >= 11 is 0. The lowest BCUT2D eigenvalue weighted by Gasteiger charge is -2.04. The molecule has 0 spiro atoms. The van der Waals surface area contributed by atoms with Crippen LogP contribution in [0.3, 0.4) is 0 Å². The van der Waals surface area contributed by atoms with E-state index < -0.39 is 0 Å². The summed E-state index contributed by atoms with van der Waals surface area (Å²) in [5.74, 6) is 0. The Morgan fingerprint density at radius 1 is 1.13 bits per heavy atom. The first kappa shape index (κ1) is 13.5. The highest BCUT2D eigenvalue weighted by molar-refractivity contribution is 6.05. The minimum Gasteiger partial charge on any atom is -0.438 e. The third-order valence-corrected chi connectivity index (χ3v) is 4.13. The van der Waals surface area contributed by atoms with Gasteiger partial charge in [0.1, 0.15) is 24.4 Å². The molecule has 4 nitrogen and oxygen atoms in total. The van der Waals surface area contributed by atoms with Crippen LogP contribution in [0.15, 0.2) is 53.1 Å². The van der Waals surface area contributed by atoms with E-state index >= 15 is 0 Å². The van der Waals surface area contributed by atoms with Crippen molar-refractivity contribution in [2.24, 2.45) is 7.05 Å². The molecule has 4 rings (SSSR count). The second-order valence-electron chi connectivity index (χ2n) is 5.62. The van der Waals surface area contributed by atoms with Gasteiger partial charge in [0.2, 0.25) is 11.4 Å². The van der Waals surface area contributed by atoms with Crippen molar-refractivity contribution in [3.8, 4) is 17.3 Å². The molecular formula is C19H14N3O+. The number of nitrogens with zero attached hydrogens (tertiary/aromatic N) is 3. The van der Waals surface area contributed by atoms with Crippen molar-refractivity contribution in [3.05, 3.63) is 59.9 Å². The van der Waals surface area contributed by atoms with Gasteiger partial charge in [-0.15, -0.1) is 0 Å². The highest BCUT2D eigenvalue weighted by atomic mass is 16.3. The van der Waals surface area contributed by atoms with Gasteiger partial charge in [-0.05, 0) is 42.8 Å². The number of rotatable bonds is 1. The molecule has 4 heteroatoms. The summed E-state index contributed by atoms with van der Waals surface area (Å²) in [4.78, 5) is 4.25. The highest BCUT2D eigenvalue weighted by Gasteiger charge is 2.16. The van der Waals surface area contributed by atoms with Crippen molar-refractivity contribution in [1.82, 2.24) is 4.98 Å². The topological polar surface area (TPSA) is 53.7 Å². The van der Waals surface area contributed by atoms with E-state index in [2.05, 4.69) is 28.6 Å². The van der Waals surface area contributed by atoms with E-state index in [1.54, 1.807) is 6.07 Å². The Morgan fingerprint density at radius 2 is 2.00 bits per heavy atom. The fourth-order valence-corrected chi connectivity index (χ4v) is 2.95. The number of aromatic nitrogens is 2. The van der Waals surface area contributed by atoms with Gasteiger partial charge in [0.05, 0.1) is 5.56 Å². The maximum atomic E-state index is 8.98. The second-order valence-corrected chi connectivity index (χ2v) is 5.62. The Hall–Kier alpha value is -3.19. The third kappa shape index (κ3) is 2.06. The zero-order valence-electron chi connectivity index (χ0n) is 12.9. The molecule has 3 heterocycles. The van der Waals surface area contributed by atoms with Crippen molar-refractivity contribution in [2.75, 3.05) is 0 Å². The molecule has 0 amide bonds. The standard InChI is InChI=1S/C19H14N3O/c1-12-9-16-14-7-6-13(11-20)21-19(14)23-18(16)10-15(12)17-5-3-4-8-22(17)2/h3-10H,1-2H3/q+1. The van der Waals surface area contributed by atoms with Crippen LogP contribution in [0.2, 0.25) is 0 Å². The van der Waals surface area contributed by atoms with Crippen LogP contribution in [0.1, 0.15) is 11.3 Å². The number of aryl methyl sites for hydroxylation is 2. The van der Waals surface area contributed by atoms with Gasteiger partial charge in [0, 0.05) is 22.9 Å². The summed E-state index contributed by atoms with van der Waals surface area (Å²) in [6, 6.07) is 16.0. The molecule has 4 aromatic rings. The van der Waals surface area contributed by atoms with E-state index in [1.165, 1.54) is 5.56 Å². The summed E-state index contributed by atoms with van der Waals surface area (Å²) in [5, 5.41) is 10.9. The van der Waals surface area contributed by atoms with E-state index in [9.17, 15) is 0 Å². The van der Waals surface area contributed by atoms with Crippen molar-refractivity contribution in [2.45, 2.75) is 6.92 Å². The van der Waals surface area contributed by atoms with Crippen molar-refractivity contribution in [3.63, 3.8) is 0 Å². The van der Waals surface area contributed by atoms with Gasteiger partial charge in [-0.3, -0.25) is 0 Å². The molecule has 110 valence electrons. The normalized spacial score (nSPS) is 11.0. The molecule has 0 radical (unpaired) electrons. The van der Waals surface area contributed by atoms with Gasteiger partial charge in [-0.2, -0.15) is 5.26 Å². The lowest BCUT2D eigenvalue weighted by atomic mass is 10.0. The average molecular weight is 300 g/mol. The molecule has 0 bridgehead atoms. The zero-order chi connectivity index (χ0) is 16.0. The molecule has 0 saturated carbocycles. The van der Waals surface area contributed by atoms with Crippen molar-refractivity contribution < 1.29 is 8.98 Å². The Labute approximate surface area is 133 Å². The molecule has 0 N–H and O–H groups in total. The van der Waals surface area contributed by atoms with Crippen LogP contribution in [0, 0.1) is 18.3 Å². The van der Waals surface area contributed by atoms with Crippen LogP contribution in [0.4, 0.5) is 0 Å². The van der Waals surface area contributed by atoms with Crippen molar-refractivity contribution >= 4 is 22.1 Å². The summed E-state index contributed by atoms with van der Waals surface area (Å²) in [5.41, 5.74) is 5.08. The molecule has 0 fully saturated rings. The van der Waals surface area contributed by atoms with Gasteiger partial charge in [0.25, 0.3) is 0 Å². The minimum absolute atomic E-state index is 0.364. The Kier molecular flexibility index (Phi) is 2.88. The summed E-state index contributed by atoms with van der Waals surface area (Å²) in [7, 11) is 2.03. The molecule has 0 aliphatic rings. The number of pyridine rings is 2. The average Bonchev–Trinajstić information content (AvgIpc) is 2.91. The van der Waals surface area contributed by atoms with E-state index in [0.29, 0.717) is 11.4 Å². The van der Waals surface area contributed by atoms with Gasteiger partial charge in [0.15, 0.2) is 6.20 Å². The van der Waals surface area contributed by atoms with E-state index in [1.807, 2.05) is 43.6 Å². The van der Waals surface area contributed by atoms with Crippen LogP contribution >= 0.6 is 0 Å². The highest BCUT2D eigenvalue weighted by Crippen LogP contribution is 2.32. The van der Waals surface area contributed by atoms with E-state index in [4.69, 9.17) is 9.68 Å². The first-order valence-corrected chi connectivity index (χ1v) is 7.36. The Balaban J connectivity index is 2.03. The first-order chi connectivity index (χ1) is 11.2. The lowest BCUT2D eigenvalue weighted by molar-refractivity contribution is -0.660. The third-order valence-electron chi connectivity index (χ3n) is 4.13. The number of hydrogen-bond acceptors (Lipinski definition) is 3. The van der Waals surface area contributed by atoms with E-state index in [0.717, 1.165) is 27.6 Å². The number of nitriles is 1. The van der Waals surface area contributed by atoms with Crippen molar-refractivity contribution in [1.29, 1.82) is 5.26 Å². The predicted molar refractivity (Wildman–Crippen MR) is 87.6 cm³/mol. The number of benzene rings is 1. The quantitative estimate of drug-likeness (QED) is 0.504. The largest absolute Gasteiger partial charge is 0.438 e. The predicted octanol–water partition coefficient (Wildman–Crippen LogP) is 3.65. The Bertz CT molecular complexity index is 1100. The maximum absolute atomic E-state index is 8.98. The van der Waals surface area contributed by atoms with Gasteiger partial charge >= 0.3 is 0 Å². The Morgan fingerprint density at radius 3 is 2.78 bits per heavy atom.